The van der Waals surface area contributed by atoms with Gasteiger partial charge in [-0.05, 0) is 0 Å². The van der Waals surface area contributed by atoms with Crippen LogP contribution in [0.15, 0.2) is 24.5 Å². The Kier molecular flexibility index (Phi) is 2.95. The molecule has 0 atom stereocenters. The van der Waals surface area contributed by atoms with Crippen molar-refractivity contribution in [3.05, 3.63) is 53.4 Å². The van der Waals surface area contributed by atoms with Gasteiger partial charge in [-0.3, -0.25) is 4.79 Å². The van der Waals surface area contributed by atoms with Gasteiger partial charge in [-0.1, -0.05) is 0 Å². The van der Waals surface area contributed by atoms with E-state index in [0.29, 0.717) is 12.1 Å². The first-order valence-electron chi connectivity index (χ1n) is 4.74. The molecule has 1 N–H and O–H groups in total. The Morgan fingerprint density at radius 1 is 1.24 bits per heavy atom. The summed E-state index contributed by atoms with van der Waals surface area (Å²) >= 11 is 0. The van der Waals surface area contributed by atoms with E-state index >= 15 is 0 Å². The second kappa shape index (κ2) is 4.40. The molecule has 2 rings (SSSR count). The number of Topliss-reactive ketones (excluding diaryl/α,β-unsaturated/α-hetero) is 1. The molecule has 0 amide bonds. The first-order chi connectivity index (χ1) is 8.08. The molecule has 0 spiro atoms. The number of aromatic nitrogens is 2. The number of hydrogen-bond acceptors (Lipinski definition) is 2. The zero-order valence-corrected chi connectivity index (χ0v) is 8.51. The Morgan fingerprint density at radius 2 is 1.88 bits per heavy atom. The number of carbonyl (C=O) groups excluding carboxylic acids is 1. The molecule has 0 bridgehead atoms. The van der Waals surface area contributed by atoms with Crippen LogP contribution in [0.25, 0.3) is 0 Å². The van der Waals surface area contributed by atoms with Crippen LogP contribution in [0.5, 0.6) is 0 Å². The van der Waals surface area contributed by atoms with Crippen LogP contribution in [0, 0.1) is 17.5 Å². The van der Waals surface area contributed by atoms with Crippen LogP contribution in [0.1, 0.15) is 16.2 Å². The van der Waals surface area contributed by atoms with Crippen molar-refractivity contribution in [2.24, 2.45) is 0 Å². The molecule has 17 heavy (non-hydrogen) atoms. The number of nitrogens with one attached hydrogen (secondary N) is 1. The van der Waals surface area contributed by atoms with Crippen molar-refractivity contribution in [3.8, 4) is 0 Å². The molecule has 0 aliphatic carbocycles. The van der Waals surface area contributed by atoms with Gasteiger partial charge in [0.2, 0.25) is 0 Å². The third kappa shape index (κ3) is 2.35. The average Bonchev–Trinajstić information content (AvgIpc) is 2.68. The smallest absolute Gasteiger partial charge is 0.176 e. The van der Waals surface area contributed by atoms with Gasteiger partial charge in [0.1, 0.15) is 23.3 Å². The molecule has 0 fully saturated rings. The van der Waals surface area contributed by atoms with Crippen LogP contribution in [-0.2, 0) is 6.42 Å². The van der Waals surface area contributed by atoms with Crippen molar-refractivity contribution in [3.63, 3.8) is 0 Å². The summed E-state index contributed by atoms with van der Waals surface area (Å²) in [4.78, 5) is 18.0. The van der Waals surface area contributed by atoms with Gasteiger partial charge in [-0.15, -0.1) is 0 Å². The second-order valence-corrected chi connectivity index (χ2v) is 3.38. The molecule has 0 radical (unpaired) electrons. The molecule has 1 heterocycles. The van der Waals surface area contributed by atoms with Crippen molar-refractivity contribution < 1.29 is 18.0 Å². The van der Waals surface area contributed by atoms with Gasteiger partial charge < -0.3 is 4.98 Å². The summed E-state index contributed by atoms with van der Waals surface area (Å²) in [5.41, 5.74) is -0.747. The number of H-pyrrole nitrogens is 1. The molecular weight excluding hydrogens is 233 g/mol. The predicted octanol–water partition coefficient (Wildman–Crippen LogP) is 2.25. The van der Waals surface area contributed by atoms with Crippen LogP contribution in [0.3, 0.4) is 0 Å². The lowest BCUT2D eigenvalue weighted by molar-refractivity contribution is 0.0983. The maximum Gasteiger partial charge on any atom is 0.176 e. The summed E-state index contributed by atoms with van der Waals surface area (Å²) < 4.78 is 39.2. The Morgan fingerprint density at radius 3 is 2.41 bits per heavy atom. The van der Waals surface area contributed by atoms with Crippen molar-refractivity contribution in [1.82, 2.24) is 9.97 Å². The number of nitrogens with zero attached hydrogens (tertiary/aromatic N) is 1. The number of halogens is 3. The Hall–Kier alpha value is -2.11. The number of imidazole rings is 1. The second-order valence-electron chi connectivity index (χ2n) is 3.38. The van der Waals surface area contributed by atoms with Crippen molar-refractivity contribution >= 4 is 5.78 Å². The highest BCUT2D eigenvalue weighted by Gasteiger charge is 2.19. The summed E-state index contributed by atoms with van der Waals surface area (Å²) in [7, 11) is 0. The first kappa shape index (κ1) is 11.4. The molecular formula is C11H7F3N2O. The van der Waals surface area contributed by atoms with Crippen LogP contribution >= 0.6 is 0 Å². The van der Waals surface area contributed by atoms with E-state index in [1.807, 2.05) is 0 Å². The molecule has 3 nitrogen and oxygen atoms in total. The highest BCUT2D eigenvalue weighted by molar-refractivity contribution is 5.97. The van der Waals surface area contributed by atoms with Gasteiger partial charge in [0.05, 0.1) is 12.0 Å². The van der Waals surface area contributed by atoms with Gasteiger partial charge in [0.15, 0.2) is 5.78 Å². The van der Waals surface area contributed by atoms with Crippen molar-refractivity contribution in [2.75, 3.05) is 0 Å². The minimum Gasteiger partial charge on any atom is -0.348 e. The van der Waals surface area contributed by atoms with E-state index in [1.165, 1.54) is 12.4 Å². The quantitative estimate of drug-likeness (QED) is 0.836. The van der Waals surface area contributed by atoms with Crippen LogP contribution in [-0.4, -0.2) is 15.8 Å². The zero-order chi connectivity index (χ0) is 12.4. The monoisotopic (exact) mass is 240 g/mol. The number of hydrogen-bond donors (Lipinski definition) is 1. The fraction of sp³-hybridized carbons (Fsp3) is 0.0909. The molecule has 6 heteroatoms. The number of rotatable bonds is 3. The van der Waals surface area contributed by atoms with E-state index < -0.39 is 28.8 Å². The predicted molar refractivity (Wildman–Crippen MR) is 52.9 cm³/mol. The Balaban J connectivity index is 2.31. The third-order valence-corrected chi connectivity index (χ3v) is 2.17. The molecule has 2 aromatic rings. The van der Waals surface area contributed by atoms with Gasteiger partial charge >= 0.3 is 0 Å². The molecule has 0 aliphatic heterocycles. The molecule has 0 unspecified atom stereocenters. The number of aromatic amines is 1. The van der Waals surface area contributed by atoms with Crippen LogP contribution in [0.2, 0.25) is 0 Å². The molecule has 0 saturated carbocycles. The maximum atomic E-state index is 13.3. The lowest BCUT2D eigenvalue weighted by Gasteiger charge is -2.03. The topological polar surface area (TPSA) is 45.8 Å². The highest BCUT2D eigenvalue weighted by Crippen LogP contribution is 2.16. The van der Waals surface area contributed by atoms with E-state index in [2.05, 4.69) is 9.97 Å². The molecule has 88 valence electrons. The summed E-state index contributed by atoms with van der Waals surface area (Å²) in [6.45, 7) is 0. The van der Waals surface area contributed by atoms with Crippen LogP contribution in [0.4, 0.5) is 13.2 Å². The molecule has 1 aromatic carbocycles. The summed E-state index contributed by atoms with van der Waals surface area (Å²) in [6.07, 6.45) is 2.63. The SMILES string of the molecule is O=C(Cc1ncc[nH]1)c1c(F)cc(F)cc1F. The fourth-order valence-corrected chi connectivity index (χ4v) is 1.44. The lowest BCUT2D eigenvalue weighted by atomic mass is 10.1. The normalized spacial score (nSPS) is 10.5. The molecule has 0 saturated heterocycles. The number of carbonyl (C=O) groups is 1. The minimum absolute atomic E-state index is 0.271. The lowest BCUT2D eigenvalue weighted by Crippen LogP contribution is -2.10. The maximum absolute atomic E-state index is 13.3. The highest BCUT2D eigenvalue weighted by atomic mass is 19.1. The van der Waals surface area contributed by atoms with Crippen molar-refractivity contribution in [1.29, 1.82) is 0 Å². The van der Waals surface area contributed by atoms with E-state index in [1.54, 1.807) is 0 Å². The van der Waals surface area contributed by atoms with Gasteiger partial charge in [0.25, 0.3) is 0 Å². The number of ketones is 1. The fourth-order valence-electron chi connectivity index (χ4n) is 1.44. The molecule has 0 aliphatic rings. The molecule has 1 aromatic heterocycles. The summed E-state index contributed by atoms with van der Waals surface area (Å²) in [5, 5.41) is 0. The van der Waals surface area contributed by atoms with Crippen molar-refractivity contribution in [2.45, 2.75) is 6.42 Å². The largest absolute Gasteiger partial charge is 0.348 e. The first-order valence-corrected chi connectivity index (χ1v) is 4.74. The standard InChI is InChI=1S/C11H7F3N2O/c12-6-3-7(13)11(8(14)4-6)9(17)5-10-15-1-2-16-10/h1-4H,5H2,(H,15,16). The van der Waals surface area contributed by atoms with E-state index in [-0.39, 0.29) is 12.2 Å². The van der Waals surface area contributed by atoms with Gasteiger partial charge in [0, 0.05) is 24.5 Å². The minimum atomic E-state index is -1.21. The van der Waals surface area contributed by atoms with E-state index in [9.17, 15) is 18.0 Å². The summed E-state index contributed by atoms with van der Waals surface area (Å²) in [5.74, 6) is -3.99. The van der Waals surface area contributed by atoms with E-state index in [0.717, 1.165) is 0 Å². The summed E-state index contributed by atoms with van der Waals surface area (Å²) in [6, 6.07) is 0.941. The van der Waals surface area contributed by atoms with Gasteiger partial charge in [-0.25, -0.2) is 18.2 Å². The zero-order valence-electron chi connectivity index (χ0n) is 8.51. The Labute approximate surface area is 94.3 Å². The Bertz CT molecular complexity index is 529. The average molecular weight is 240 g/mol. The van der Waals surface area contributed by atoms with E-state index in [4.69, 9.17) is 0 Å². The van der Waals surface area contributed by atoms with Gasteiger partial charge in [-0.2, -0.15) is 0 Å². The van der Waals surface area contributed by atoms with Crippen LogP contribution < -0.4 is 0 Å². The number of benzene rings is 1. The third-order valence-electron chi connectivity index (χ3n) is 2.17.